The lowest BCUT2D eigenvalue weighted by molar-refractivity contribution is 0.0691. The molecule has 1 heterocycles. The number of rotatable bonds is 3. The second-order valence-corrected chi connectivity index (χ2v) is 3.85. The summed E-state index contributed by atoms with van der Waals surface area (Å²) in [5, 5.41) is 16.1. The molecule has 0 saturated heterocycles. The first-order valence-corrected chi connectivity index (χ1v) is 5.53. The molecule has 0 radical (unpaired) electrons. The van der Waals surface area contributed by atoms with Crippen LogP contribution in [0.4, 0.5) is 10.1 Å². The van der Waals surface area contributed by atoms with Gasteiger partial charge in [-0.2, -0.15) is 0 Å². The quantitative estimate of drug-likeness (QED) is 0.881. The van der Waals surface area contributed by atoms with Gasteiger partial charge in [-0.15, -0.1) is 5.10 Å². The molecule has 2 N–H and O–H groups in total. The fourth-order valence-electron chi connectivity index (χ4n) is 1.23. The van der Waals surface area contributed by atoms with E-state index in [1.54, 1.807) is 0 Å². The second kappa shape index (κ2) is 4.88. The molecule has 0 atom stereocenters. The number of carboxylic acids is 1. The minimum absolute atomic E-state index is 0.112. The van der Waals surface area contributed by atoms with Crippen LogP contribution in [-0.2, 0) is 0 Å². The maximum atomic E-state index is 13.1. The van der Waals surface area contributed by atoms with Crippen LogP contribution in [0.15, 0.2) is 23.6 Å². The lowest BCUT2D eigenvalue weighted by atomic mass is 10.2. The Morgan fingerprint density at radius 2 is 2.17 bits per heavy atom. The molecule has 0 bridgehead atoms. The standard InChI is InChI=1S/C10H6FN3O3S/c11-7-2-1-5(3-6(7)10(16)17)12-9(15)8-4-18-14-13-8/h1-4H,(H,12,15)(H,16,17). The number of anilines is 1. The number of benzene rings is 1. The summed E-state index contributed by atoms with van der Waals surface area (Å²) in [5.41, 5.74) is -0.225. The molecule has 2 aromatic rings. The van der Waals surface area contributed by atoms with E-state index >= 15 is 0 Å². The number of hydrogen-bond donors (Lipinski definition) is 2. The van der Waals surface area contributed by atoms with Crippen LogP contribution in [0.1, 0.15) is 20.8 Å². The van der Waals surface area contributed by atoms with Gasteiger partial charge in [0, 0.05) is 11.1 Å². The van der Waals surface area contributed by atoms with Crippen molar-refractivity contribution < 1.29 is 19.1 Å². The van der Waals surface area contributed by atoms with Gasteiger partial charge in [0.15, 0.2) is 5.69 Å². The Balaban J connectivity index is 2.22. The smallest absolute Gasteiger partial charge is 0.338 e. The van der Waals surface area contributed by atoms with Gasteiger partial charge in [0.25, 0.3) is 5.91 Å². The molecule has 2 rings (SSSR count). The van der Waals surface area contributed by atoms with E-state index < -0.39 is 23.3 Å². The number of amides is 1. The third kappa shape index (κ3) is 2.48. The molecule has 0 spiro atoms. The summed E-state index contributed by atoms with van der Waals surface area (Å²) < 4.78 is 16.6. The summed E-state index contributed by atoms with van der Waals surface area (Å²) in [5.74, 6) is -2.80. The van der Waals surface area contributed by atoms with E-state index in [4.69, 9.17) is 5.11 Å². The highest BCUT2D eigenvalue weighted by atomic mass is 32.1. The van der Waals surface area contributed by atoms with E-state index in [1.807, 2.05) is 0 Å². The molecule has 1 aromatic carbocycles. The Labute approximate surface area is 104 Å². The minimum Gasteiger partial charge on any atom is -0.478 e. The van der Waals surface area contributed by atoms with Crippen molar-refractivity contribution >= 4 is 29.1 Å². The first-order chi connectivity index (χ1) is 8.58. The topological polar surface area (TPSA) is 92.2 Å². The number of carboxylic acid groups (broad SMARTS) is 1. The molecule has 18 heavy (non-hydrogen) atoms. The highest BCUT2D eigenvalue weighted by Crippen LogP contribution is 2.15. The number of halogens is 1. The highest BCUT2D eigenvalue weighted by Gasteiger charge is 2.13. The molecule has 0 unspecified atom stereocenters. The van der Waals surface area contributed by atoms with Crippen molar-refractivity contribution in [2.45, 2.75) is 0 Å². The zero-order valence-electron chi connectivity index (χ0n) is 8.75. The third-order valence-corrected chi connectivity index (χ3v) is 2.55. The Bertz CT molecular complexity index is 600. The molecule has 8 heteroatoms. The van der Waals surface area contributed by atoms with Crippen molar-refractivity contribution in [2.75, 3.05) is 5.32 Å². The summed E-state index contributed by atoms with van der Waals surface area (Å²) >= 11 is 1.01. The normalized spacial score (nSPS) is 10.1. The van der Waals surface area contributed by atoms with Crippen LogP contribution in [0.5, 0.6) is 0 Å². The van der Waals surface area contributed by atoms with Crippen LogP contribution in [0.3, 0.4) is 0 Å². The van der Waals surface area contributed by atoms with Crippen molar-refractivity contribution in [1.29, 1.82) is 0 Å². The van der Waals surface area contributed by atoms with E-state index in [1.165, 1.54) is 11.4 Å². The molecule has 0 aliphatic rings. The van der Waals surface area contributed by atoms with E-state index in [0.717, 1.165) is 23.7 Å². The van der Waals surface area contributed by atoms with E-state index in [2.05, 4.69) is 14.9 Å². The molecule has 0 fully saturated rings. The lowest BCUT2D eigenvalue weighted by Crippen LogP contribution is -2.13. The predicted molar refractivity (Wildman–Crippen MR) is 61.2 cm³/mol. The lowest BCUT2D eigenvalue weighted by Gasteiger charge is -2.04. The zero-order valence-corrected chi connectivity index (χ0v) is 9.57. The minimum atomic E-state index is -1.40. The third-order valence-electron chi connectivity index (χ3n) is 2.05. The number of carbonyl (C=O) groups is 2. The van der Waals surface area contributed by atoms with Crippen LogP contribution in [0.25, 0.3) is 0 Å². The van der Waals surface area contributed by atoms with Crippen molar-refractivity contribution in [2.24, 2.45) is 0 Å². The average molecular weight is 267 g/mol. The van der Waals surface area contributed by atoms with Crippen molar-refractivity contribution in [3.8, 4) is 0 Å². The molecule has 92 valence electrons. The van der Waals surface area contributed by atoms with Crippen molar-refractivity contribution in [3.63, 3.8) is 0 Å². The van der Waals surface area contributed by atoms with Crippen LogP contribution in [0, 0.1) is 5.82 Å². The van der Waals surface area contributed by atoms with Crippen molar-refractivity contribution in [1.82, 2.24) is 9.59 Å². The number of aromatic carboxylic acids is 1. The van der Waals surface area contributed by atoms with E-state index in [9.17, 15) is 14.0 Å². The Kier molecular flexibility index (Phi) is 3.28. The van der Waals surface area contributed by atoms with Gasteiger partial charge in [-0.05, 0) is 29.7 Å². The van der Waals surface area contributed by atoms with Gasteiger partial charge >= 0.3 is 5.97 Å². The molecule has 0 aliphatic heterocycles. The predicted octanol–water partition coefficient (Wildman–Crippen LogP) is 1.63. The largest absolute Gasteiger partial charge is 0.478 e. The van der Waals surface area contributed by atoms with E-state index in [0.29, 0.717) is 0 Å². The Morgan fingerprint density at radius 3 is 2.78 bits per heavy atom. The molecule has 0 saturated carbocycles. The SMILES string of the molecule is O=C(Nc1ccc(F)c(C(=O)O)c1)c1csnn1. The maximum Gasteiger partial charge on any atom is 0.338 e. The van der Waals surface area contributed by atoms with Gasteiger partial charge in [0.2, 0.25) is 0 Å². The number of aromatic nitrogens is 2. The maximum absolute atomic E-state index is 13.1. The summed E-state index contributed by atoms with van der Waals surface area (Å²) in [6.45, 7) is 0. The molecule has 1 aromatic heterocycles. The molecule has 0 aliphatic carbocycles. The summed E-state index contributed by atoms with van der Waals surface area (Å²) in [6.07, 6.45) is 0. The van der Waals surface area contributed by atoms with Gasteiger partial charge in [-0.3, -0.25) is 4.79 Å². The summed E-state index contributed by atoms with van der Waals surface area (Å²) in [6, 6.07) is 3.27. The highest BCUT2D eigenvalue weighted by molar-refractivity contribution is 7.03. The molecular weight excluding hydrogens is 261 g/mol. The zero-order chi connectivity index (χ0) is 13.1. The number of carbonyl (C=O) groups excluding carboxylic acids is 1. The average Bonchev–Trinajstić information content (AvgIpc) is 2.85. The Morgan fingerprint density at radius 1 is 1.39 bits per heavy atom. The summed E-state index contributed by atoms with van der Waals surface area (Å²) in [4.78, 5) is 22.3. The van der Waals surface area contributed by atoms with Crippen LogP contribution in [-0.4, -0.2) is 26.6 Å². The van der Waals surface area contributed by atoms with Gasteiger partial charge in [-0.25, -0.2) is 9.18 Å². The monoisotopic (exact) mass is 267 g/mol. The Hall–Kier alpha value is -2.35. The van der Waals surface area contributed by atoms with Crippen LogP contribution >= 0.6 is 11.5 Å². The van der Waals surface area contributed by atoms with Crippen molar-refractivity contribution in [3.05, 3.63) is 40.7 Å². The van der Waals surface area contributed by atoms with E-state index in [-0.39, 0.29) is 11.4 Å². The van der Waals surface area contributed by atoms with Gasteiger partial charge in [0.05, 0.1) is 5.56 Å². The van der Waals surface area contributed by atoms with Gasteiger partial charge in [-0.1, -0.05) is 4.49 Å². The van der Waals surface area contributed by atoms with Gasteiger partial charge < -0.3 is 10.4 Å². The first-order valence-electron chi connectivity index (χ1n) is 4.69. The molecular formula is C10H6FN3O3S. The molecule has 6 nitrogen and oxygen atoms in total. The fourth-order valence-corrected chi connectivity index (χ4v) is 1.66. The summed E-state index contributed by atoms with van der Waals surface area (Å²) in [7, 11) is 0. The molecule has 1 amide bonds. The fraction of sp³-hybridized carbons (Fsp3) is 0. The first kappa shape index (κ1) is 12.1. The second-order valence-electron chi connectivity index (χ2n) is 3.24. The van der Waals surface area contributed by atoms with Crippen LogP contribution < -0.4 is 5.32 Å². The van der Waals surface area contributed by atoms with Gasteiger partial charge in [0.1, 0.15) is 5.82 Å². The van der Waals surface area contributed by atoms with Crippen LogP contribution in [0.2, 0.25) is 0 Å². The number of hydrogen-bond acceptors (Lipinski definition) is 5. The number of nitrogens with one attached hydrogen (secondary N) is 1. The number of nitrogens with zero attached hydrogens (tertiary/aromatic N) is 2.